The molecule has 0 aromatic heterocycles. The predicted molar refractivity (Wildman–Crippen MR) is 116 cm³/mol. The molecule has 1 fully saturated rings. The fourth-order valence-corrected chi connectivity index (χ4v) is 3.25. The lowest BCUT2D eigenvalue weighted by Gasteiger charge is -2.18. The highest BCUT2D eigenvalue weighted by Gasteiger charge is 2.30. The Balaban J connectivity index is 1.52. The fourth-order valence-electron chi connectivity index (χ4n) is 3.07. The summed E-state index contributed by atoms with van der Waals surface area (Å²) in [4.78, 5) is 40.0. The second kappa shape index (κ2) is 10.1. The van der Waals surface area contributed by atoms with E-state index in [1.165, 1.54) is 4.90 Å². The van der Waals surface area contributed by atoms with Gasteiger partial charge in [0, 0.05) is 29.5 Å². The molecule has 1 heterocycles. The van der Waals surface area contributed by atoms with Gasteiger partial charge in [0.05, 0.1) is 12.2 Å². The van der Waals surface area contributed by atoms with Crippen LogP contribution in [0, 0.1) is 0 Å². The molecule has 8 heteroatoms. The Bertz CT molecular complexity index is 917. The van der Waals surface area contributed by atoms with Crippen LogP contribution in [0.4, 0.5) is 16.2 Å². The maximum absolute atomic E-state index is 12.6. The number of anilines is 2. The molecule has 0 aliphatic carbocycles. The highest BCUT2D eigenvalue weighted by Crippen LogP contribution is 2.23. The van der Waals surface area contributed by atoms with E-state index in [1.807, 2.05) is 13.0 Å². The molecule has 7 nitrogen and oxygen atoms in total. The van der Waals surface area contributed by atoms with Gasteiger partial charge in [-0.1, -0.05) is 31.0 Å². The number of halogens is 1. The van der Waals surface area contributed by atoms with Crippen LogP contribution in [0.1, 0.15) is 30.1 Å². The highest BCUT2D eigenvalue weighted by atomic mass is 35.5. The van der Waals surface area contributed by atoms with Crippen LogP contribution in [-0.2, 0) is 9.53 Å². The lowest BCUT2D eigenvalue weighted by molar-refractivity contribution is -0.116. The van der Waals surface area contributed by atoms with E-state index < -0.39 is 0 Å². The van der Waals surface area contributed by atoms with Crippen LogP contribution >= 0.6 is 11.6 Å². The monoisotopic (exact) mass is 429 g/mol. The molecule has 30 heavy (non-hydrogen) atoms. The standard InChI is InChI=1S/C22H24ClN3O4/c1-2-3-13-30-21(28)16-7-9-18(10-8-16)24-20(27)15-25-11-12-26(22(25)29)19-6-4-5-17(23)14-19/h4-10,14H,2-3,11-13,15H2,1H3,(H,24,27). The quantitative estimate of drug-likeness (QED) is 0.504. The van der Waals surface area contributed by atoms with Crippen LogP contribution in [0.15, 0.2) is 48.5 Å². The Morgan fingerprint density at radius 2 is 1.90 bits per heavy atom. The minimum atomic E-state index is -0.384. The Labute approximate surface area is 180 Å². The maximum atomic E-state index is 12.6. The Hall–Kier alpha value is -3.06. The van der Waals surface area contributed by atoms with Crippen LogP contribution < -0.4 is 10.2 Å². The van der Waals surface area contributed by atoms with Crippen molar-refractivity contribution in [1.29, 1.82) is 0 Å². The summed E-state index contributed by atoms with van der Waals surface area (Å²) in [6.45, 7) is 3.29. The van der Waals surface area contributed by atoms with E-state index in [0.717, 1.165) is 12.8 Å². The zero-order valence-corrected chi connectivity index (χ0v) is 17.5. The van der Waals surface area contributed by atoms with Crippen molar-refractivity contribution >= 4 is 40.9 Å². The summed E-state index contributed by atoms with van der Waals surface area (Å²) in [5.41, 5.74) is 1.68. The largest absolute Gasteiger partial charge is 0.462 e. The Kier molecular flexibility index (Phi) is 7.30. The smallest absolute Gasteiger partial charge is 0.338 e. The summed E-state index contributed by atoms with van der Waals surface area (Å²) in [6.07, 6.45) is 1.78. The minimum Gasteiger partial charge on any atom is -0.462 e. The molecule has 158 valence electrons. The number of carbonyl (C=O) groups is 3. The van der Waals surface area contributed by atoms with Crippen molar-refractivity contribution in [3.05, 3.63) is 59.1 Å². The number of benzene rings is 2. The van der Waals surface area contributed by atoms with Gasteiger partial charge in [-0.25, -0.2) is 9.59 Å². The number of hydrogen-bond donors (Lipinski definition) is 1. The van der Waals surface area contributed by atoms with Gasteiger partial charge in [-0.2, -0.15) is 0 Å². The number of esters is 1. The lowest BCUT2D eigenvalue weighted by atomic mass is 10.2. The third-order valence-electron chi connectivity index (χ3n) is 4.68. The van der Waals surface area contributed by atoms with Gasteiger partial charge >= 0.3 is 12.0 Å². The number of hydrogen-bond acceptors (Lipinski definition) is 4. The number of carbonyl (C=O) groups excluding carboxylic acids is 3. The van der Waals surface area contributed by atoms with E-state index in [-0.39, 0.29) is 24.5 Å². The summed E-state index contributed by atoms with van der Waals surface area (Å²) in [5, 5.41) is 3.30. The molecular formula is C22H24ClN3O4. The predicted octanol–water partition coefficient (Wildman–Crippen LogP) is 4.18. The normalized spacial score (nSPS) is 13.5. The first-order valence-electron chi connectivity index (χ1n) is 9.87. The SMILES string of the molecule is CCCCOC(=O)c1ccc(NC(=O)CN2CCN(c3cccc(Cl)c3)C2=O)cc1. The van der Waals surface area contributed by atoms with Gasteiger partial charge in [-0.15, -0.1) is 0 Å². The third kappa shape index (κ3) is 5.51. The topological polar surface area (TPSA) is 79.0 Å². The van der Waals surface area contributed by atoms with E-state index in [9.17, 15) is 14.4 Å². The Morgan fingerprint density at radius 1 is 1.13 bits per heavy atom. The lowest BCUT2D eigenvalue weighted by Crippen LogP contribution is -2.37. The van der Waals surface area contributed by atoms with Crippen LogP contribution in [0.5, 0.6) is 0 Å². The van der Waals surface area contributed by atoms with E-state index in [1.54, 1.807) is 47.4 Å². The molecule has 1 aliphatic rings. The second-order valence-electron chi connectivity index (χ2n) is 6.95. The van der Waals surface area contributed by atoms with Gasteiger partial charge in [0.15, 0.2) is 0 Å². The number of unbranched alkanes of at least 4 members (excludes halogenated alkanes) is 1. The minimum absolute atomic E-state index is 0.0588. The van der Waals surface area contributed by atoms with Crippen molar-refractivity contribution < 1.29 is 19.1 Å². The van der Waals surface area contributed by atoms with Crippen LogP contribution in [0.3, 0.4) is 0 Å². The van der Waals surface area contributed by atoms with Crippen molar-refractivity contribution in [2.75, 3.05) is 36.5 Å². The molecule has 3 amide bonds. The van der Waals surface area contributed by atoms with Gasteiger partial charge in [0.25, 0.3) is 0 Å². The Morgan fingerprint density at radius 3 is 2.60 bits per heavy atom. The van der Waals surface area contributed by atoms with Crippen molar-refractivity contribution in [3.63, 3.8) is 0 Å². The summed E-state index contributed by atoms with van der Waals surface area (Å²) in [6, 6.07) is 13.3. The first-order chi connectivity index (χ1) is 14.5. The molecule has 0 radical (unpaired) electrons. The number of amides is 3. The molecule has 1 saturated heterocycles. The average molecular weight is 430 g/mol. The second-order valence-corrected chi connectivity index (χ2v) is 7.39. The molecule has 0 spiro atoms. The number of ether oxygens (including phenoxy) is 1. The number of rotatable bonds is 8. The van der Waals surface area contributed by atoms with Gasteiger partial charge < -0.3 is 15.0 Å². The van der Waals surface area contributed by atoms with E-state index in [0.29, 0.717) is 41.7 Å². The summed E-state index contributed by atoms with van der Waals surface area (Å²) in [5.74, 6) is -0.695. The van der Waals surface area contributed by atoms with Gasteiger partial charge in [-0.3, -0.25) is 9.69 Å². The van der Waals surface area contributed by atoms with Crippen molar-refractivity contribution in [1.82, 2.24) is 4.90 Å². The van der Waals surface area contributed by atoms with Crippen LogP contribution in [-0.4, -0.2) is 49.0 Å². The maximum Gasteiger partial charge on any atom is 0.338 e. The molecule has 3 rings (SSSR count). The van der Waals surface area contributed by atoms with Crippen LogP contribution in [0.2, 0.25) is 5.02 Å². The van der Waals surface area contributed by atoms with Crippen molar-refractivity contribution in [3.8, 4) is 0 Å². The molecule has 2 aromatic carbocycles. The molecule has 1 aliphatic heterocycles. The van der Waals surface area contributed by atoms with Crippen molar-refractivity contribution in [2.24, 2.45) is 0 Å². The summed E-state index contributed by atoms with van der Waals surface area (Å²) < 4.78 is 5.16. The first-order valence-corrected chi connectivity index (χ1v) is 10.2. The molecule has 0 bridgehead atoms. The number of nitrogens with zero attached hydrogens (tertiary/aromatic N) is 2. The van der Waals surface area contributed by atoms with Crippen molar-refractivity contribution in [2.45, 2.75) is 19.8 Å². The van der Waals surface area contributed by atoms with Gasteiger partial charge in [0.2, 0.25) is 5.91 Å². The van der Waals surface area contributed by atoms with Crippen LogP contribution in [0.25, 0.3) is 0 Å². The molecule has 1 N–H and O–H groups in total. The van der Waals surface area contributed by atoms with Gasteiger partial charge in [-0.05, 0) is 48.9 Å². The summed E-state index contributed by atoms with van der Waals surface area (Å²) in [7, 11) is 0. The molecule has 0 saturated carbocycles. The number of urea groups is 1. The number of nitrogens with one attached hydrogen (secondary N) is 1. The van der Waals surface area contributed by atoms with Gasteiger partial charge in [0.1, 0.15) is 6.54 Å². The molecule has 0 unspecified atom stereocenters. The third-order valence-corrected chi connectivity index (χ3v) is 4.92. The molecule has 0 atom stereocenters. The van der Waals surface area contributed by atoms with E-state index in [2.05, 4.69) is 5.32 Å². The summed E-state index contributed by atoms with van der Waals surface area (Å²) >= 11 is 6.00. The molecule has 2 aromatic rings. The fraction of sp³-hybridized carbons (Fsp3) is 0.318. The average Bonchev–Trinajstić information content (AvgIpc) is 3.08. The first kappa shape index (κ1) is 21.6. The van der Waals surface area contributed by atoms with E-state index >= 15 is 0 Å². The van der Waals surface area contributed by atoms with E-state index in [4.69, 9.17) is 16.3 Å². The zero-order chi connectivity index (χ0) is 21.5. The zero-order valence-electron chi connectivity index (χ0n) is 16.8. The molecular weight excluding hydrogens is 406 g/mol. The highest BCUT2D eigenvalue weighted by molar-refractivity contribution is 6.30.